The zero-order valence-electron chi connectivity index (χ0n) is 21.0. The Morgan fingerprint density at radius 3 is 1.97 bits per heavy atom. The van der Waals surface area contributed by atoms with Crippen molar-refractivity contribution in [2.45, 2.75) is 104 Å². The molecular formula is C28H50O4. The Labute approximate surface area is 197 Å². The molecule has 186 valence electrons. The first-order valence-corrected chi connectivity index (χ1v) is 13.1. The lowest BCUT2D eigenvalue weighted by Gasteiger charge is -2.38. The molecule has 0 aliphatic rings. The summed E-state index contributed by atoms with van der Waals surface area (Å²) in [6.07, 6.45) is 13.7. The van der Waals surface area contributed by atoms with Gasteiger partial charge in [-0.2, -0.15) is 0 Å². The maximum Gasteiger partial charge on any atom is 0.0950 e. The summed E-state index contributed by atoms with van der Waals surface area (Å²) < 4.78 is 6.45. The lowest BCUT2D eigenvalue weighted by Crippen LogP contribution is -2.42. The number of aliphatic hydroxyl groups excluding tert-OH is 3. The van der Waals surface area contributed by atoms with E-state index in [9.17, 15) is 15.3 Å². The van der Waals surface area contributed by atoms with Crippen LogP contribution in [0.4, 0.5) is 0 Å². The Morgan fingerprint density at radius 2 is 1.38 bits per heavy atom. The van der Waals surface area contributed by atoms with Gasteiger partial charge in [-0.25, -0.2) is 0 Å². The van der Waals surface area contributed by atoms with Crippen molar-refractivity contribution in [2.75, 3.05) is 26.4 Å². The molecule has 0 aliphatic carbocycles. The van der Waals surface area contributed by atoms with Gasteiger partial charge in [0.15, 0.2) is 0 Å². The van der Waals surface area contributed by atoms with Gasteiger partial charge in [-0.3, -0.25) is 0 Å². The van der Waals surface area contributed by atoms with Crippen molar-refractivity contribution in [1.82, 2.24) is 0 Å². The van der Waals surface area contributed by atoms with E-state index < -0.39 is 11.5 Å². The number of aryl methyl sites for hydroxylation is 1. The fraction of sp³-hybridized carbons (Fsp3) is 0.786. The van der Waals surface area contributed by atoms with Crippen molar-refractivity contribution in [3.05, 3.63) is 35.4 Å². The first kappa shape index (κ1) is 29.1. The highest BCUT2D eigenvalue weighted by molar-refractivity contribution is 5.31. The van der Waals surface area contributed by atoms with Crippen LogP contribution in [-0.4, -0.2) is 41.7 Å². The minimum absolute atomic E-state index is 0.317. The van der Waals surface area contributed by atoms with E-state index in [2.05, 4.69) is 26.8 Å². The van der Waals surface area contributed by atoms with Crippen LogP contribution in [0.5, 0.6) is 0 Å². The van der Waals surface area contributed by atoms with Gasteiger partial charge < -0.3 is 20.1 Å². The lowest BCUT2D eigenvalue weighted by atomic mass is 9.78. The molecule has 3 N–H and O–H groups in total. The molecule has 0 heterocycles. The van der Waals surface area contributed by atoms with E-state index in [1.54, 1.807) is 0 Å². The molecule has 0 saturated carbocycles. The van der Waals surface area contributed by atoms with E-state index in [0.717, 1.165) is 37.7 Å². The zero-order valence-corrected chi connectivity index (χ0v) is 21.0. The van der Waals surface area contributed by atoms with Crippen molar-refractivity contribution in [3.8, 4) is 0 Å². The summed E-state index contributed by atoms with van der Waals surface area (Å²) >= 11 is 0. The number of rotatable bonds is 20. The SMILES string of the molecule is CCCCCCCCCc1ccccc1C(OCC(CC)CCCC)C(CO)(CO)CO. The molecule has 0 saturated heterocycles. The van der Waals surface area contributed by atoms with Gasteiger partial charge in [-0.15, -0.1) is 0 Å². The lowest BCUT2D eigenvalue weighted by molar-refractivity contribution is -0.124. The van der Waals surface area contributed by atoms with E-state index >= 15 is 0 Å². The molecule has 0 amide bonds. The number of benzene rings is 1. The normalized spacial score (nSPS) is 13.9. The summed E-state index contributed by atoms with van der Waals surface area (Å²) in [4.78, 5) is 0. The maximum atomic E-state index is 10.2. The summed E-state index contributed by atoms with van der Waals surface area (Å²) in [5.41, 5.74) is 1.10. The molecule has 1 aromatic rings. The van der Waals surface area contributed by atoms with Gasteiger partial charge >= 0.3 is 0 Å². The van der Waals surface area contributed by atoms with Crippen LogP contribution in [0.15, 0.2) is 24.3 Å². The Kier molecular flexibility index (Phi) is 15.9. The second kappa shape index (κ2) is 17.5. The number of aliphatic hydroxyl groups is 3. The maximum absolute atomic E-state index is 10.2. The van der Waals surface area contributed by atoms with Crippen molar-refractivity contribution >= 4 is 0 Å². The summed E-state index contributed by atoms with van der Waals surface area (Å²) in [7, 11) is 0. The molecule has 4 nitrogen and oxygen atoms in total. The number of hydrogen-bond acceptors (Lipinski definition) is 4. The van der Waals surface area contributed by atoms with E-state index in [1.807, 2.05) is 18.2 Å². The highest BCUT2D eigenvalue weighted by Gasteiger charge is 2.40. The number of ether oxygens (including phenoxy) is 1. The summed E-state index contributed by atoms with van der Waals surface area (Å²) in [5.74, 6) is 0.446. The molecule has 2 atom stereocenters. The van der Waals surface area contributed by atoms with Gasteiger partial charge in [0.1, 0.15) is 0 Å². The predicted molar refractivity (Wildman–Crippen MR) is 134 cm³/mol. The Bertz CT molecular complexity index is 562. The molecule has 32 heavy (non-hydrogen) atoms. The van der Waals surface area contributed by atoms with Crippen LogP contribution in [0, 0.1) is 11.3 Å². The Morgan fingerprint density at radius 1 is 0.781 bits per heavy atom. The molecular weight excluding hydrogens is 400 g/mol. The highest BCUT2D eigenvalue weighted by Crippen LogP contribution is 2.39. The second-order valence-corrected chi connectivity index (χ2v) is 9.54. The third-order valence-corrected chi connectivity index (χ3v) is 6.93. The molecule has 0 aromatic heterocycles. The van der Waals surface area contributed by atoms with Crippen LogP contribution < -0.4 is 0 Å². The Hall–Kier alpha value is -0.940. The quantitative estimate of drug-likeness (QED) is 0.206. The van der Waals surface area contributed by atoms with Gasteiger partial charge in [0.05, 0.1) is 37.9 Å². The van der Waals surface area contributed by atoms with Crippen LogP contribution in [-0.2, 0) is 11.2 Å². The zero-order chi connectivity index (χ0) is 23.7. The average molecular weight is 451 g/mol. The highest BCUT2D eigenvalue weighted by atomic mass is 16.5. The van der Waals surface area contributed by atoms with E-state index in [4.69, 9.17) is 4.74 Å². The van der Waals surface area contributed by atoms with Crippen LogP contribution in [0.25, 0.3) is 0 Å². The van der Waals surface area contributed by atoms with E-state index in [-0.39, 0.29) is 19.8 Å². The van der Waals surface area contributed by atoms with E-state index in [1.165, 1.54) is 50.5 Å². The number of unbranched alkanes of at least 4 members (excludes halogenated alkanes) is 7. The predicted octanol–water partition coefficient (Wildman–Crippen LogP) is 6.22. The molecule has 0 aliphatic heterocycles. The fourth-order valence-electron chi connectivity index (χ4n) is 4.42. The van der Waals surface area contributed by atoms with Crippen LogP contribution >= 0.6 is 0 Å². The van der Waals surface area contributed by atoms with Crippen LogP contribution in [0.2, 0.25) is 0 Å². The minimum Gasteiger partial charge on any atom is -0.395 e. The molecule has 1 aromatic carbocycles. The third kappa shape index (κ3) is 9.51. The van der Waals surface area contributed by atoms with E-state index in [0.29, 0.717) is 12.5 Å². The average Bonchev–Trinajstić information content (AvgIpc) is 2.83. The number of hydrogen-bond donors (Lipinski definition) is 3. The summed E-state index contributed by atoms with van der Waals surface area (Å²) in [5, 5.41) is 30.5. The topological polar surface area (TPSA) is 69.9 Å². The largest absolute Gasteiger partial charge is 0.395 e. The summed E-state index contributed by atoms with van der Waals surface area (Å²) in [6.45, 7) is 6.25. The molecule has 2 unspecified atom stereocenters. The monoisotopic (exact) mass is 450 g/mol. The molecule has 0 bridgehead atoms. The third-order valence-electron chi connectivity index (χ3n) is 6.93. The minimum atomic E-state index is -1.10. The smallest absolute Gasteiger partial charge is 0.0950 e. The standard InChI is InChI=1S/C28H50O4/c1-4-7-9-10-11-12-13-17-25-18-14-15-19-26(25)27(28(21-29,22-30)23-31)32-20-24(6-3)16-8-5-2/h14-15,18-19,24,27,29-31H,4-13,16-17,20-23H2,1-3H3. The van der Waals surface area contributed by atoms with Crippen LogP contribution in [0.1, 0.15) is 109 Å². The molecule has 4 heteroatoms. The molecule has 0 spiro atoms. The molecule has 0 fully saturated rings. The fourth-order valence-corrected chi connectivity index (χ4v) is 4.42. The second-order valence-electron chi connectivity index (χ2n) is 9.54. The van der Waals surface area contributed by atoms with Crippen molar-refractivity contribution < 1.29 is 20.1 Å². The van der Waals surface area contributed by atoms with Gasteiger partial charge in [0.2, 0.25) is 0 Å². The van der Waals surface area contributed by atoms with Gasteiger partial charge in [0.25, 0.3) is 0 Å². The first-order valence-electron chi connectivity index (χ1n) is 13.1. The first-order chi connectivity index (χ1) is 15.6. The van der Waals surface area contributed by atoms with Gasteiger partial charge in [0, 0.05) is 0 Å². The van der Waals surface area contributed by atoms with Crippen molar-refractivity contribution in [3.63, 3.8) is 0 Å². The molecule has 0 radical (unpaired) electrons. The van der Waals surface area contributed by atoms with Crippen molar-refractivity contribution in [2.24, 2.45) is 11.3 Å². The molecule has 1 rings (SSSR count). The Balaban J connectivity index is 2.96. The van der Waals surface area contributed by atoms with Crippen molar-refractivity contribution in [1.29, 1.82) is 0 Å². The van der Waals surface area contributed by atoms with Gasteiger partial charge in [-0.1, -0.05) is 103 Å². The van der Waals surface area contributed by atoms with Gasteiger partial charge in [-0.05, 0) is 36.3 Å². The summed E-state index contributed by atoms with van der Waals surface area (Å²) in [6, 6.07) is 8.22. The van der Waals surface area contributed by atoms with Crippen LogP contribution in [0.3, 0.4) is 0 Å².